The van der Waals surface area contributed by atoms with Crippen molar-refractivity contribution in [2.24, 2.45) is 11.3 Å². The van der Waals surface area contributed by atoms with Crippen LogP contribution in [0, 0.1) is 11.3 Å². The predicted octanol–water partition coefficient (Wildman–Crippen LogP) is 4.55. The first kappa shape index (κ1) is 40.7. The zero-order valence-corrected chi connectivity index (χ0v) is 33.3. The van der Waals surface area contributed by atoms with Gasteiger partial charge in [-0.1, -0.05) is 61.7 Å². The van der Waals surface area contributed by atoms with E-state index in [9.17, 15) is 27.6 Å². The zero-order valence-electron chi connectivity index (χ0n) is 30.2. The van der Waals surface area contributed by atoms with E-state index in [1.54, 1.807) is 52.3 Å². The smallest absolute Gasteiger partial charge is 0.408 e. The topological polar surface area (TPSA) is 182 Å². The number of carbonyl (C=O) groups excluding carboxylic acids is 4. The molecule has 1 aliphatic heterocycles. The maximum atomic E-state index is 14.5. The predicted molar refractivity (Wildman–Crippen MR) is 199 cm³/mol. The average Bonchev–Trinajstić information content (AvgIpc) is 3.98. The summed E-state index contributed by atoms with van der Waals surface area (Å²) in [5, 5.41) is 6.11. The summed E-state index contributed by atoms with van der Waals surface area (Å²) >= 11 is 18.1. The van der Waals surface area contributed by atoms with E-state index in [0.717, 1.165) is 5.39 Å². The van der Waals surface area contributed by atoms with Crippen molar-refractivity contribution in [3.8, 4) is 11.6 Å². The van der Waals surface area contributed by atoms with Gasteiger partial charge in [-0.15, -0.1) is 6.58 Å². The van der Waals surface area contributed by atoms with E-state index in [2.05, 4.69) is 26.9 Å². The number of carbonyl (C=O) groups is 4. The molecule has 2 aromatic rings. The Bertz CT molecular complexity index is 1910. The normalized spacial score (nSPS) is 23.8. The van der Waals surface area contributed by atoms with Crippen molar-refractivity contribution in [3.63, 3.8) is 0 Å². The van der Waals surface area contributed by atoms with Crippen molar-refractivity contribution >= 4 is 79.4 Å². The standard InChI is InChI=1S/C35H44Cl3N5O9S/c1-8-20-17-34(20,30(46)42-53(48,49)23-10-11-23)41-27(44)25-16-22(51-28-24-12-9-21(50-7)15-19(24)13-14-39-28)18-43(25)29(45)26(32(2,3)4)40-31(47)52-33(5,6)35(36,37)38/h8-9,12-15,20,22-23,25-26H,1,10-11,16-18H2,2-7H3,(H,40,47)(H,41,44)(H,42,46)/t20?,22-,25+,26-,34-/m1/s1. The molecule has 1 unspecified atom stereocenters. The second-order valence-corrected chi connectivity index (χ2v) is 19.5. The van der Waals surface area contributed by atoms with Gasteiger partial charge in [0.2, 0.25) is 31.5 Å². The molecular weight excluding hydrogens is 773 g/mol. The molecule has 18 heteroatoms. The Balaban J connectivity index is 1.45. The molecule has 3 aliphatic rings. The molecular formula is C35H44Cl3N5O9S. The van der Waals surface area contributed by atoms with E-state index in [1.807, 2.05) is 6.07 Å². The van der Waals surface area contributed by atoms with Crippen LogP contribution in [0.5, 0.6) is 11.6 Å². The fourth-order valence-electron chi connectivity index (χ4n) is 6.15. The van der Waals surface area contributed by atoms with Crippen LogP contribution in [0.25, 0.3) is 10.8 Å². The van der Waals surface area contributed by atoms with Crippen molar-refractivity contribution in [1.82, 2.24) is 25.2 Å². The summed E-state index contributed by atoms with van der Waals surface area (Å²) < 4.78 is 42.6. The minimum Gasteiger partial charge on any atom is -0.497 e. The van der Waals surface area contributed by atoms with Gasteiger partial charge < -0.3 is 29.7 Å². The lowest BCUT2D eigenvalue weighted by atomic mass is 9.85. The maximum Gasteiger partial charge on any atom is 0.408 e. The van der Waals surface area contributed by atoms with Gasteiger partial charge in [-0.05, 0) is 68.2 Å². The molecule has 14 nitrogen and oxygen atoms in total. The van der Waals surface area contributed by atoms with Crippen molar-refractivity contribution in [2.45, 2.75) is 98.7 Å². The molecule has 3 fully saturated rings. The van der Waals surface area contributed by atoms with Crippen LogP contribution in [-0.2, 0) is 29.1 Å². The molecule has 2 aliphatic carbocycles. The molecule has 5 rings (SSSR count). The monoisotopic (exact) mass is 815 g/mol. The molecule has 2 heterocycles. The lowest BCUT2D eigenvalue weighted by Crippen LogP contribution is -2.60. The van der Waals surface area contributed by atoms with Crippen LogP contribution in [0.15, 0.2) is 43.1 Å². The van der Waals surface area contributed by atoms with Crippen LogP contribution < -0.4 is 24.8 Å². The van der Waals surface area contributed by atoms with Gasteiger partial charge in [0.25, 0.3) is 5.91 Å². The molecule has 5 atom stereocenters. The van der Waals surface area contributed by atoms with E-state index in [-0.39, 0.29) is 25.3 Å². The number of alkyl halides is 3. The lowest BCUT2D eigenvalue weighted by Gasteiger charge is -2.37. The van der Waals surface area contributed by atoms with Crippen LogP contribution in [0.1, 0.15) is 60.3 Å². The quantitative estimate of drug-likeness (QED) is 0.203. The minimum absolute atomic E-state index is 0.0375. The van der Waals surface area contributed by atoms with Gasteiger partial charge in [-0.2, -0.15) is 0 Å². The van der Waals surface area contributed by atoms with Crippen LogP contribution >= 0.6 is 34.8 Å². The zero-order chi connectivity index (χ0) is 39.3. The van der Waals surface area contributed by atoms with Crippen molar-refractivity contribution in [2.75, 3.05) is 13.7 Å². The summed E-state index contributed by atoms with van der Waals surface area (Å²) in [6.45, 7) is 11.5. The van der Waals surface area contributed by atoms with Gasteiger partial charge in [0.05, 0.1) is 18.9 Å². The van der Waals surface area contributed by atoms with Gasteiger partial charge in [-0.3, -0.25) is 19.1 Å². The summed E-state index contributed by atoms with van der Waals surface area (Å²) in [5.74, 6) is -1.95. The number of pyridine rings is 1. The fourth-order valence-corrected chi connectivity index (χ4v) is 7.63. The Labute approximate surface area is 323 Å². The van der Waals surface area contributed by atoms with Crippen LogP contribution in [0.4, 0.5) is 4.79 Å². The number of hydrogen-bond donors (Lipinski definition) is 3. The largest absolute Gasteiger partial charge is 0.497 e. The maximum absolute atomic E-state index is 14.5. The number of nitrogens with zero attached hydrogens (tertiary/aromatic N) is 2. The van der Waals surface area contributed by atoms with Crippen molar-refractivity contribution < 1.29 is 41.8 Å². The number of hydrogen-bond acceptors (Lipinski definition) is 10. The van der Waals surface area contributed by atoms with Crippen molar-refractivity contribution in [1.29, 1.82) is 0 Å². The number of nitrogens with one attached hydrogen (secondary N) is 3. The van der Waals surface area contributed by atoms with E-state index in [0.29, 0.717) is 24.0 Å². The molecule has 1 saturated heterocycles. The molecule has 2 saturated carbocycles. The first-order chi connectivity index (χ1) is 24.5. The Morgan fingerprint density at radius 1 is 1.09 bits per heavy atom. The second kappa shape index (κ2) is 14.6. The van der Waals surface area contributed by atoms with E-state index in [4.69, 9.17) is 49.0 Å². The second-order valence-electron chi connectivity index (χ2n) is 15.2. The number of rotatable bonds is 12. The number of methoxy groups -OCH3 is 1. The molecule has 1 aromatic carbocycles. The SMILES string of the molecule is C=CC1C[C@]1(NC(=O)[C@@H]1C[C@@H](Oc2nccc3cc(OC)ccc23)CN1C(=O)[C@@H](NC(=O)OC(C)(C)C(Cl)(Cl)Cl)C(C)(C)C)C(=O)NS(=O)(=O)C1CC1. The van der Waals surface area contributed by atoms with Gasteiger partial charge in [-0.25, -0.2) is 18.2 Å². The molecule has 0 spiro atoms. The Hall–Kier alpha value is -3.53. The summed E-state index contributed by atoms with van der Waals surface area (Å²) in [6, 6.07) is 4.64. The number of likely N-dealkylation sites (tertiary alicyclic amines) is 1. The third-order valence-corrected chi connectivity index (χ3v) is 12.9. The summed E-state index contributed by atoms with van der Waals surface area (Å²) in [6.07, 6.45) is 2.15. The number of alkyl carbamates (subject to hydrolysis) is 1. The molecule has 0 radical (unpaired) electrons. The average molecular weight is 817 g/mol. The van der Waals surface area contributed by atoms with Crippen LogP contribution in [-0.4, -0.2) is 94.1 Å². The first-order valence-corrected chi connectivity index (χ1v) is 19.7. The summed E-state index contributed by atoms with van der Waals surface area (Å²) in [4.78, 5) is 61.1. The highest BCUT2D eigenvalue weighted by Gasteiger charge is 2.62. The van der Waals surface area contributed by atoms with E-state index >= 15 is 0 Å². The highest BCUT2D eigenvalue weighted by molar-refractivity contribution is 7.91. The molecule has 53 heavy (non-hydrogen) atoms. The Morgan fingerprint density at radius 3 is 2.34 bits per heavy atom. The van der Waals surface area contributed by atoms with Gasteiger partial charge in [0.1, 0.15) is 29.5 Å². The number of benzene rings is 1. The lowest BCUT2D eigenvalue weighted by molar-refractivity contribution is -0.143. The van der Waals surface area contributed by atoms with Crippen LogP contribution in [0.2, 0.25) is 0 Å². The fraction of sp³-hybridized carbons (Fsp3) is 0.571. The summed E-state index contributed by atoms with van der Waals surface area (Å²) in [7, 11) is -2.38. The number of sulfonamides is 1. The first-order valence-electron chi connectivity index (χ1n) is 17.0. The Kier molecular flexibility index (Phi) is 11.2. The molecule has 0 bridgehead atoms. The highest BCUT2D eigenvalue weighted by atomic mass is 35.6. The van der Waals surface area contributed by atoms with Gasteiger partial charge in [0, 0.05) is 23.9 Å². The number of aromatic nitrogens is 1. The van der Waals surface area contributed by atoms with Gasteiger partial charge in [0.15, 0.2) is 5.60 Å². The number of fused-ring (bicyclic) bond motifs is 1. The molecule has 4 amide bonds. The highest BCUT2D eigenvalue weighted by Crippen LogP contribution is 2.46. The number of halogens is 3. The Morgan fingerprint density at radius 2 is 1.77 bits per heavy atom. The minimum atomic E-state index is -3.93. The molecule has 1 aromatic heterocycles. The summed E-state index contributed by atoms with van der Waals surface area (Å²) in [5.41, 5.74) is -4.12. The van der Waals surface area contributed by atoms with Crippen molar-refractivity contribution in [3.05, 3.63) is 43.1 Å². The number of amides is 4. The third kappa shape index (κ3) is 8.73. The van der Waals surface area contributed by atoms with Gasteiger partial charge >= 0.3 is 6.09 Å². The van der Waals surface area contributed by atoms with E-state index in [1.165, 1.54) is 24.8 Å². The van der Waals surface area contributed by atoms with E-state index < -0.39 is 83.5 Å². The molecule has 290 valence electrons. The molecule has 3 N–H and O–H groups in total. The number of ether oxygens (including phenoxy) is 3. The van der Waals surface area contributed by atoms with Crippen LogP contribution in [0.3, 0.4) is 0 Å². The third-order valence-electron chi connectivity index (χ3n) is 9.72.